The molecule has 1 aromatic rings. The summed E-state index contributed by atoms with van der Waals surface area (Å²) in [6.07, 6.45) is 6.24. The molecule has 1 fully saturated rings. The van der Waals surface area contributed by atoms with Crippen LogP contribution in [0.4, 0.5) is 0 Å². The maximum absolute atomic E-state index is 11.4. The van der Waals surface area contributed by atoms with Crippen molar-refractivity contribution in [1.82, 2.24) is 4.98 Å². The Morgan fingerprint density at radius 3 is 2.75 bits per heavy atom. The SMILES string of the molecule is Cc1cncc(CC(C)(C(=O)O)C2CC2)c1. The number of carboxylic acids is 1. The molecule has 16 heavy (non-hydrogen) atoms. The van der Waals surface area contributed by atoms with Crippen LogP contribution in [0.1, 0.15) is 30.9 Å². The first kappa shape index (κ1) is 11.1. The highest BCUT2D eigenvalue weighted by Crippen LogP contribution is 2.47. The number of aryl methyl sites for hydroxylation is 1. The number of nitrogens with zero attached hydrogens (tertiary/aromatic N) is 1. The van der Waals surface area contributed by atoms with Gasteiger partial charge in [0.2, 0.25) is 0 Å². The molecule has 0 radical (unpaired) electrons. The first-order valence-corrected chi connectivity index (χ1v) is 5.66. The van der Waals surface area contributed by atoms with E-state index in [1.54, 1.807) is 12.4 Å². The Morgan fingerprint density at radius 1 is 1.56 bits per heavy atom. The third-order valence-electron chi connectivity index (χ3n) is 3.47. The van der Waals surface area contributed by atoms with Crippen LogP contribution in [0.2, 0.25) is 0 Å². The molecule has 3 nitrogen and oxygen atoms in total. The van der Waals surface area contributed by atoms with Crippen molar-refractivity contribution in [3.8, 4) is 0 Å². The molecule has 1 aromatic heterocycles. The lowest BCUT2D eigenvalue weighted by Crippen LogP contribution is -2.32. The van der Waals surface area contributed by atoms with Gasteiger partial charge in [-0.1, -0.05) is 6.07 Å². The molecule has 2 rings (SSSR count). The van der Waals surface area contributed by atoms with E-state index in [4.69, 9.17) is 0 Å². The smallest absolute Gasteiger partial charge is 0.309 e. The topological polar surface area (TPSA) is 50.2 Å². The zero-order valence-corrected chi connectivity index (χ0v) is 9.73. The molecule has 0 spiro atoms. The molecular weight excluding hydrogens is 202 g/mol. The monoisotopic (exact) mass is 219 g/mol. The van der Waals surface area contributed by atoms with Gasteiger partial charge in [0, 0.05) is 12.4 Å². The van der Waals surface area contributed by atoms with Gasteiger partial charge in [-0.2, -0.15) is 0 Å². The van der Waals surface area contributed by atoms with Crippen molar-refractivity contribution in [1.29, 1.82) is 0 Å². The van der Waals surface area contributed by atoms with Crippen LogP contribution in [0.5, 0.6) is 0 Å². The average Bonchev–Trinajstić information content (AvgIpc) is 3.00. The lowest BCUT2D eigenvalue weighted by atomic mass is 9.79. The maximum Gasteiger partial charge on any atom is 0.309 e. The fraction of sp³-hybridized carbons (Fsp3) is 0.538. The minimum absolute atomic E-state index is 0.338. The predicted molar refractivity (Wildman–Crippen MR) is 61.1 cm³/mol. The lowest BCUT2D eigenvalue weighted by Gasteiger charge is -2.24. The second-order valence-corrected chi connectivity index (χ2v) is 5.04. The Kier molecular flexibility index (Phi) is 2.70. The quantitative estimate of drug-likeness (QED) is 0.846. The van der Waals surface area contributed by atoms with Gasteiger partial charge >= 0.3 is 5.97 Å². The Morgan fingerprint density at radius 2 is 2.25 bits per heavy atom. The van der Waals surface area contributed by atoms with Crippen molar-refractivity contribution < 1.29 is 9.90 Å². The van der Waals surface area contributed by atoms with Crippen molar-refractivity contribution in [2.75, 3.05) is 0 Å². The van der Waals surface area contributed by atoms with Crippen LogP contribution in [-0.4, -0.2) is 16.1 Å². The van der Waals surface area contributed by atoms with Gasteiger partial charge in [-0.15, -0.1) is 0 Å². The molecule has 3 heteroatoms. The Bertz CT molecular complexity index is 412. The summed E-state index contributed by atoms with van der Waals surface area (Å²) in [5.74, 6) is -0.345. The van der Waals surface area contributed by atoms with Crippen LogP contribution in [0, 0.1) is 18.3 Å². The molecule has 0 aliphatic heterocycles. The van der Waals surface area contributed by atoms with Gasteiger partial charge in [0.15, 0.2) is 0 Å². The van der Waals surface area contributed by atoms with Gasteiger partial charge < -0.3 is 5.11 Å². The molecule has 1 saturated carbocycles. The summed E-state index contributed by atoms with van der Waals surface area (Å²) in [5, 5.41) is 9.35. The number of pyridine rings is 1. The van der Waals surface area contributed by atoms with E-state index in [1.165, 1.54) is 0 Å². The number of aromatic nitrogens is 1. The van der Waals surface area contributed by atoms with Gasteiger partial charge in [-0.05, 0) is 50.2 Å². The van der Waals surface area contributed by atoms with Crippen LogP contribution in [0.15, 0.2) is 18.5 Å². The average molecular weight is 219 g/mol. The number of hydrogen-bond acceptors (Lipinski definition) is 2. The molecule has 86 valence electrons. The third kappa shape index (κ3) is 2.08. The van der Waals surface area contributed by atoms with Crippen LogP contribution in [0.3, 0.4) is 0 Å². The van der Waals surface area contributed by atoms with E-state index in [2.05, 4.69) is 4.98 Å². The van der Waals surface area contributed by atoms with Crippen LogP contribution < -0.4 is 0 Å². The van der Waals surface area contributed by atoms with Crippen molar-refractivity contribution >= 4 is 5.97 Å². The summed E-state index contributed by atoms with van der Waals surface area (Å²) >= 11 is 0. The van der Waals surface area contributed by atoms with E-state index in [1.807, 2.05) is 19.9 Å². The molecule has 0 saturated heterocycles. The summed E-state index contributed by atoms with van der Waals surface area (Å²) in [7, 11) is 0. The first-order chi connectivity index (χ1) is 7.52. The van der Waals surface area contributed by atoms with Gasteiger partial charge in [0.25, 0.3) is 0 Å². The molecule has 1 aliphatic carbocycles. The number of aliphatic carboxylic acids is 1. The minimum Gasteiger partial charge on any atom is -0.481 e. The molecule has 1 N–H and O–H groups in total. The van der Waals surface area contributed by atoms with E-state index in [0.717, 1.165) is 24.0 Å². The van der Waals surface area contributed by atoms with Crippen LogP contribution in [-0.2, 0) is 11.2 Å². The van der Waals surface area contributed by atoms with Crippen molar-refractivity contribution in [2.45, 2.75) is 33.1 Å². The number of rotatable bonds is 4. The van der Waals surface area contributed by atoms with Gasteiger partial charge in [0.05, 0.1) is 5.41 Å². The second kappa shape index (κ2) is 3.89. The van der Waals surface area contributed by atoms with Gasteiger partial charge in [-0.3, -0.25) is 9.78 Å². The fourth-order valence-electron chi connectivity index (χ4n) is 2.25. The maximum atomic E-state index is 11.4. The van der Waals surface area contributed by atoms with E-state index < -0.39 is 11.4 Å². The zero-order chi connectivity index (χ0) is 11.8. The molecule has 0 amide bonds. The normalized spacial score (nSPS) is 19.1. The molecule has 0 aromatic carbocycles. The Hall–Kier alpha value is -1.38. The summed E-state index contributed by atoms with van der Waals surface area (Å²) in [6, 6.07) is 2.02. The van der Waals surface area contributed by atoms with Crippen molar-refractivity contribution in [3.63, 3.8) is 0 Å². The standard InChI is InChI=1S/C13H17NO2/c1-9-5-10(8-14-7-9)6-13(2,12(15)16)11-3-4-11/h5,7-8,11H,3-4,6H2,1-2H3,(H,15,16). The molecule has 1 atom stereocenters. The number of carboxylic acid groups (broad SMARTS) is 1. The second-order valence-electron chi connectivity index (χ2n) is 5.04. The highest BCUT2D eigenvalue weighted by atomic mass is 16.4. The van der Waals surface area contributed by atoms with E-state index in [9.17, 15) is 9.90 Å². The Balaban J connectivity index is 2.21. The fourth-order valence-corrected chi connectivity index (χ4v) is 2.25. The van der Waals surface area contributed by atoms with Crippen LogP contribution >= 0.6 is 0 Å². The molecular formula is C13H17NO2. The predicted octanol–water partition coefficient (Wildman–Crippen LogP) is 2.43. The summed E-state index contributed by atoms with van der Waals surface area (Å²) in [4.78, 5) is 15.5. The molecule has 1 aliphatic rings. The first-order valence-electron chi connectivity index (χ1n) is 5.66. The Labute approximate surface area is 95.5 Å². The zero-order valence-electron chi connectivity index (χ0n) is 9.73. The molecule has 1 unspecified atom stereocenters. The van der Waals surface area contributed by atoms with E-state index in [0.29, 0.717) is 12.3 Å². The van der Waals surface area contributed by atoms with Crippen molar-refractivity contribution in [2.24, 2.45) is 11.3 Å². The highest BCUT2D eigenvalue weighted by Gasteiger charge is 2.47. The largest absolute Gasteiger partial charge is 0.481 e. The number of hydrogen-bond donors (Lipinski definition) is 1. The summed E-state index contributed by atoms with van der Waals surface area (Å²) in [6.45, 7) is 3.83. The minimum atomic E-state index is -0.684. The third-order valence-corrected chi connectivity index (χ3v) is 3.47. The van der Waals surface area contributed by atoms with Gasteiger partial charge in [-0.25, -0.2) is 0 Å². The lowest BCUT2D eigenvalue weighted by molar-refractivity contribution is -0.149. The summed E-state index contributed by atoms with van der Waals surface area (Å²) < 4.78 is 0. The van der Waals surface area contributed by atoms with Crippen molar-refractivity contribution in [3.05, 3.63) is 29.6 Å². The number of carbonyl (C=O) groups is 1. The molecule has 1 heterocycles. The van der Waals surface area contributed by atoms with Crippen LogP contribution in [0.25, 0.3) is 0 Å². The van der Waals surface area contributed by atoms with E-state index in [-0.39, 0.29) is 0 Å². The highest BCUT2D eigenvalue weighted by molar-refractivity contribution is 5.75. The summed E-state index contributed by atoms with van der Waals surface area (Å²) in [5.41, 5.74) is 1.49. The van der Waals surface area contributed by atoms with E-state index >= 15 is 0 Å². The van der Waals surface area contributed by atoms with Gasteiger partial charge in [0.1, 0.15) is 0 Å². The molecule has 0 bridgehead atoms.